The second kappa shape index (κ2) is 3.37. The fourth-order valence-corrected chi connectivity index (χ4v) is 1.85. The minimum absolute atomic E-state index is 0.243. The summed E-state index contributed by atoms with van der Waals surface area (Å²) in [7, 11) is 0. The van der Waals surface area contributed by atoms with E-state index < -0.39 is 0 Å². The van der Waals surface area contributed by atoms with Crippen LogP contribution >= 0.6 is 0 Å². The van der Waals surface area contributed by atoms with Crippen molar-refractivity contribution in [2.75, 3.05) is 0 Å². The van der Waals surface area contributed by atoms with E-state index >= 15 is 0 Å². The fourth-order valence-electron chi connectivity index (χ4n) is 1.85. The van der Waals surface area contributed by atoms with Gasteiger partial charge in [-0.25, -0.2) is 0 Å². The molecule has 1 aromatic carbocycles. The molecule has 2 heteroatoms. The van der Waals surface area contributed by atoms with Gasteiger partial charge in [0.2, 0.25) is 11.6 Å². The standard InChI is InChI=1S/C12H12O2/c1-8-5-6-10-9(7-8)3-2-4-11(13)12(10)14/h5-7H,2-4H2,1H3. The van der Waals surface area contributed by atoms with E-state index in [1.807, 2.05) is 19.1 Å². The molecule has 2 rings (SSSR count). The normalized spacial score (nSPS) is 16.4. The SMILES string of the molecule is Cc1ccc2c(c1)CCCC(=O)C2=O. The van der Waals surface area contributed by atoms with E-state index in [9.17, 15) is 9.59 Å². The molecule has 1 aromatic rings. The van der Waals surface area contributed by atoms with Crippen molar-refractivity contribution in [3.8, 4) is 0 Å². The molecule has 72 valence electrons. The van der Waals surface area contributed by atoms with Crippen LogP contribution in [0.25, 0.3) is 0 Å². The first-order valence-electron chi connectivity index (χ1n) is 4.85. The third-order valence-electron chi connectivity index (χ3n) is 2.61. The van der Waals surface area contributed by atoms with E-state index in [2.05, 4.69) is 0 Å². The van der Waals surface area contributed by atoms with Gasteiger partial charge in [-0.2, -0.15) is 0 Å². The lowest BCUT2D eigenvalue weighted by molar-refractivity contribution is -0.115. The van der Waals surface area contributed by atoms with Crippen LogP contribution in [0.5, 0.6) is 0 Å². The van der Waals surface area contributed by atoms with Gasteiger partial charge in [-0.15, -0.1) is 0 Å². The minimum atomic E-state index is -0.308. The highest BCUT2D eigenvalue weighted by atomic mass is 16.2. The van der Waals surface area contributed by atoms with Gasteiger partial charge in [0.05, 0.1) is 0 Å². The molecule has 2 nitrogen and oxygen atoms in total. The molecule has 0 amide bonds. The number of Topliss-reactive ketones (excluding diaryl/α,β-unsaturated/α-hetero) is 2. The smallest absolute Gasteiger partial charge is 0.228 e. The molecule has 0 saturated heterocycles. The van der Waals surface area contributed by atoms with Crippen molar-refractivity contribution in [3.05, 3.63) is 34.9 Å². The molecule has 0 heterocycles. The number of carbonyl (C=O) groups excluding carboxylic acids is 2. The van der Waals surface area contributed by atoms with Gasteiger partial charge in [-0.3, -0.25) is 9.59 Å². The molecule has 0 bridgehead atoms. The third kappa shape index (κ3) is 1.48. The maximum Gasteiger partial charge on any atom is 0.228 e. The van der Waals surface area contributed by atoms with Crippen molar-refractivity contribution in [1.29, 1.82) is 0 Å². The molecule has 0 atom stereocenters. The van der Waals surface area contributed by atoms with Crippen molar-refractivity contribution >= 4 is 11.6 Å². The molecule has 0 radical (unpaired) electrons. The Labute approximate surface area is 82.9 Å². The molecule has 0 fully saturated rings. The molecule has 0 spiro atoms. The van der Waals surface area contributed by atoms with Gasteiger partial charge in [0.15, 0.2) is 0 Å². The average Bonchev–Trinajstić information content (AvgIpc) is 2.28. The van der Waals surface area contributed by atoms with E-state index in [1.165, 1.54) is 0 Å². The lowest BCUT2D eigenvalue weighted by Gasteiger charge is -2.03. The number of rotatable bonds is 0. The Hall–Kier alpha value is -1.44. The summed E-state index contributed by atoms with van der Waals surface area (Å²) < 4.78 is 0. The van der Waals surface area contributed by atoms with Gasteiger partial charge in [0.1, 0.15) is 0 Å². The summed E-state index contributed by atoms with van der Waals surface area (Å²) in [5.41, 5.74) is 2.78. The van der Waals surface area contributed by atoms with Crippen molar-refractivity contribution in [2.24, 2.45) is 0 Å². The molecule has 0 N–H and O–H groups in total. The number of aryl methyl sites for hydroxylation is 2. The first-order valence-corrected chi connectivity index (χ1v) is 4.85. The quantitative estimate of drug-likeness (QED) is 0.461. The van der Waals surface area contributed by atoms with Gasteiger partial charge in [-0.1, -0.05) is 23.8 Å². The zero-order valence-electron chi connectivity index (χ0n) is 8.17. The number of carbonyl (C=O) groups is 2. The second-order valence-electron chi connectivity index (χ2n) is 3.77. The second-order valence-corrected chi connectivity index (χ2v) is 3.77. The van der Waals surface area contributed by atoms with Crippen LogP contribution in [-0.4, -0.2) is 11.6 Å². The Morgan fingerprint density at radius 2 is 1.93 bits per heavy atom. The van der Waals surface area contributed by atoms with Gasteiger partial charge in [0, 0.05) is 12.0 Å². The van der Waals surface area contributed by atoms with Crippen LogP contribution in [0.15, 0.2) is 18.2 Å². The lowest BCUT2D eigenvalue weighted by Crippen LogP contribution is -2.12. The summed E-state index contributed by atoms with van der Waals surface area (Å²) in [6.45, 7) is 2.00. The van der Waals surface area contributed by atoms with E-state index in [0.717, 1.165) is 24.0 Å². The summed E-state index contributed by atoms with van der Waals surface area (Å²) in [4.78, 5) is 22.9. The average molecular weight is 188 g/mol. The first kappa shape index (κ1) is 9.13. The maximum absolute atomic E-state index is 11.6. The third-order valence-corrected chi connectivity index (χ3v) is 2.61. The molecule has 1 aliphatic carbocycles. The summed E-state index contributed by atoms with van der Waals surface area (Å²) in [6.07, 6.45) is 2.03. The summed E-state index contributed by atoms with van der Waals surface area (Å²) in [5, 5.41) is 0. The van der Waals surface area contributed by atoms with E-state index in [-0.39, 0.29) is 11.6 Å². The van der Waals surface area contributed by atoms with Gasteiger partial charge >= 0.3 is 0 Å². The lowest BCUT2D eigenvalue weighted by atomic mass is 10.00. The predicted octanol–water partition coefficient (Wildman–Crippen LogP) is 2.08. The molecular formula is C12H12O2. The Bertz CT molecular complexity index is 405. The molecule has 14 heavy (non-hydrogen) atoms. The van der Waals surface area contributed by atoms with E-state index in [0.29, 0.717) is 12.0 Å². The Morgan fingerprint density at radius 1 is 1.14 bits per heavy atom. The predicted molar refractivity (Wildman–Crippen MR) is 53.5 cm³/mol. The molecule has 0 saturated carbocycles. The number of benzene rings is 1. The van der Waals surface area contributed by atoms with Gasteiger partial charge < -0.3 is 0 Å². The highest BCUT2D eigenvalue weighted by molar-refractivity contribution is 6.44. The highest BCUT2D eigenvalue weighted by Crippen LogP contribution is 2.19. The zero-order valence-corrected chi connectivity index (χ0v) is 8.17. The Balaban J connectivity index is 2.53. The molecule has 0 aromatic heterocycles. The van der Waals surface area contributed by atoms with Crippen molar-refractivity contribution in [1.82, 2.24) is 0 Å². The van der Waals surface area contributed by atoms with Crippen LogP contribution in [0.3, 0.4) is 0 Å². The van der Waals surface area contributed by atoms with Crippen molar-refractivity contribution in [2.45, 2.75) is 26.2 Å². The molecule has 1 aliphatic rings. The first-order chi connectivity index (χ1) is 6.68. The van der Waals surface area contributed by atoms with Crippen LogP contribution in [0.1, 0.15) is 34.3 Å². The van der Waals surface area contributed by atoms with Gasteiger partial charge in [0.25, 0.3) is 0 Å². The summed E-state index contributed by atoms with van der Waals surface area (Å²) in [5.74, 6) is -0.551. The monoisotopic (exact) mass is 188 g/mol. The van der Waals surface area contributed by atoms with E-state index in [4.69, 9.17) is 0 Å². The van der Waals surface area contributed by atoms with Crippen molar-refractivity contribution in [3.63, 3.8) is 0 Å². The molecule has 0 unspecified atom stereocenters. The van der Waals surface area contributed by atoms with Crippen LogP contribution in [-0.2, 0) is 11.2 Å². The van der Waals surface area contributed by atoms with E-state index in [1.54, 1.807) is 6.07 Å². The van der Waals surface area contributed by atoms with Crippen LogP contribution in [0.2, 0.25) is 0 Å². The number of ketones is 2. The molecular weight excluding hydrogens is 176 g/mol. The molecule has 0 aliphatic heterocycles. The minimum Gasteiger partial charge on any atom is -0.290 e. The summed E-state index contributed by atoms with van der Waals surface area (Å²) in [6, 6.07) is 5.66. The topological polar surface area (TPSA) is 34.1 Å². The van der Waals surface area contributed by atoms with Crippen LogP contribution < -0.4 is 0 Å². The largest absolute Gasteiger partial charge is 0.290 e. The summed E-state index contributed by atoms with van der Waals surface area (Å²) >= 11 is 0. The Kier molecular flexibility index (Phi) is 2.20. The number of hydrogen-bond donors (Lipinski definition) is 0. The maximum atomic E-state index is 11.6. The highest BCUT2D eigenvalue weighted by Gasteiger charge is 2.22. The zero-order chi connectivity index (χ0) is 10.1. The number of fused-ring (bicyclic) bond motifs is 1. The fraction of sp³-hybridized carbons (Fsp3) is 0.333. The Morgan fingerprint density at radius 3 is 2.71 bits per heavy atom. The van der Waals surface area contributed by atoms with Crippen LogP contribution in [0.4, 0.5) is 0 Å². The van der Waals surface area contributed by atoms with Gasteiger partial charge in [-0.05, 0) is 25.3 Å². The number of hydrogen-bond acceptors (Lipinski definition) is 2. The van der Waals surface area contributed by atoms with Crippen LogP contribution in [0, 0.1) is 6.92 Å². The van der Waals surface area contributed by atoms with Crippen molar-refractivity contribution < 1.29 is 9.59 Å².